The summed E-state index contributed by atoms with van der Waals surface area (Å²) >= 11 is 0. The molecule has 0 aromatic heterocycles. The van der Waals surface area contributed by atoms with E-state index in [-0.39, 0.29) is 12.3 Å². The molecule has 0 aromatic rings. The SMILES string of the molecule is CC(C)CC(N)C(=O)NC(C)C(=O)NC(CO)C(=O)NC(CCC(=O)O)C(=O)O. The lowest BCUT2D eigenvalue weighted by Gasteiger charge is -2.22. The Morgan fingerprint density at radius 2 is 1.41 bits per heavy atom. The van der Waals surface area contributed by atoms with Gasteiger partial charge >= 0.3 is 11.9 Å². The van der Waals surface area contributed by atoms with Crippen molar-refractivity contribution in [1.29, 1.82) is 0 Å². The highest BCUT2D eigenvalue weighted by Crippen LogP contribution is 2.03. The molecule has 4 unspecified atom stereocenters. The molecule has 0 aromatic carbocycles. The third kappa shape index (κ3) is 10.4. The van der Waals surface area contributed by atoms with E-state index in [1.54, 1.807) is 0 Å². The third-order valence-electron chi connectivity index (χ3n) is 3.89. The van der Waals surface area contributed by atoms with Crippen molar-refractivity contribution in [3.05, 3.63) is 0 Å². The predicted octanol–water partition coefficient (Wildman–Crippen LogP) is -2.22. The molecule has 4 atom stereocenters. The van der Waals surface area contributed by atoms with Crippen LogP contribution < -0.4 is 21.7 Å². The summed E-state index contributed by atoms with van der Waals surface area (Å²) in [6.07, 6.45) is -0.454. The Kier molecular flexibility index (Phi) is 11.5. The zero-order valence-electron chi connectivity index (χ0n) is 16.7. The summed E-state index contributed by atoms with van der Waals surface area (Å²) < 4.78 is 0. The molecule has 0 radical (unpaired) electrons. The summed E-state index contributed by atoms with van der Waals surface area (Å²) in [5, 5.41) is 33.7. The monoisotopic (exact) mass is 418 g/mol. The largest absolute Gasteiger partial charge is 0.481 e. The van der Waals surface area contributed by atoms with Crippen LogP contribution in [0.5, 0.6) is 0 Å². The van der Waals surface area contributed by atoms with Crippen molar-refractivity contribution in [2.75, 3.05) is 6.61 Å². The highest BCUT2D eigenvalue weighted by atomic mass is 16.4. The van der Waals surface area contributed by atoms with Crippen molar-refractivity contribution in [2.24, 2.45) is 11.7 Å². The molecular formula is C17H30N4O8. The van der Waals surface area contributed by atoms with Crippen molar-refractivity contribution in [3.63, 3.8) is 0 Å². The van der Waals surface area contributed by atoms with Crippen LogP contribution >= 0.6 is 0 Å². The summed E-state index contributed by atoms with van der Waals surface area (Å²) in [4.78, 5) is 58.0. The van der Waals surface area contributed by atoms with Crippen molar-refractivity contribution in [3.8, 4) is 0 Å². The Balaban J connectivity index is 4.82. The van der Waals surface area contributed by atoms with Gasteiger partial charge in [0, 0.05) is 6.42 Å². The summed E-state index contributed by atoms with van der Waals surface area (Å²) in [6, 6.07) is -4.87. The number of carbonyl (C=O) groups is 5. The fourth-order valence-corrected chi connectivity index (χ4v) is 2.29. The standard InChI is InChI=1S/C17H30N4O8/c1-8(2)6-10(18)15(26)19-9(3)14(25)21-12(7-22)16(27)20-11(17(28)29)4-5-13(23)24/h8-12,22H,4-7,18H2,1-3H3,(H,19,26)(H,20,27)(H,21,25)(H,23,24)(H,28,29). The van der Waals surface area contributed by atoms with Crippen LogP contribution in [0.2, 0.25) is 0 Å². The quantitative estimate of drug-likeness (QED) is 0.172. The van der Waals surface area contributed by atoms with Gasteiger partial charge in [-0.2, -0.15) is 0 Å². The van der Waals surface area contributed by atoms with E-state index in [2.05, 4.69) is 16.0 Å². The Morgan fingerprint density at radius 3 is 1.86 bits per heavy atom. The van der Waals surface area contributed by atoms with E-state index >= 15 is 0 Å². The molecule has 0 fully saturated rings. The number of carboxylic acid groups (broad SMARTS) is 2. The number of carboxylic acids is 2. The molecule has 0 spiro atoms. The fourth-order valence-electron chi connectivity index (χ4n) is 2.29. The average Bonchev–Trinajstić information content (AvgIpc) is 2.61. The van der Waals surface area contributed by atoms with E-state index in [4.69, 9.17) is 15.9 Å². The molecule has 0 aliphatic carbocycles. The molecule has 8 N–H and O–H groups in total. The van der Waals surface area contributed by atoms with Crippen LogP contribution in [-0.2, 0) is 24.0 Å². The van der Waals surface area contributed by atoms with Crippen LogP contribution in [0, 0.1) is 5.92 Å². The van der Waals surface area contributed by atoms with E-state index in [0.29, 0.717) is 6.42 Å². The number of nitrogens with one attached hydrogen (secondary N) is 3. The van der Waals surface area contributed by atoms with Gasteiger partial charge in [0.15, 0.2) is 0 Å². The zero-order chi connectivity index (χ0) is 22.7. The minimum Gasteiger partial charge on any atom is -0.481 e. The van der Waals surface area contributed by atoms with Crippen molar-refractivity contribution < 1.29 is 39.3 Å². The molecule has 3 amide bonds. The minimum absolute atomic E-state index is 0.172. The summed E-state index contributed by atoms with van der Waals surface area (Å²) in [6.45, 7) is 4.29. The summed E-state index contributed by atoms with van der Waals surface area (Å²) in [7, 11) is 0. The van der Waals surface area contributed by atoms with Gasteiger partial charge in [-0.3, -0.25) is 19.2 Å². The smallest absolute Gasteiger partial charge is 0.326 e. The normalized spacial score (nSPS) is 15.0. The van der Waals surface area contributed by atoms with Gasteiger partial charge in [-0.1, -0.05) is 13.8 Å². The topological polar surface area (TPSA) is 208 Å². The number of nitrogens with two attached hydrogens (primary N) is 1. The van der Waals surface area contributed by atoms with Gasteiger partial charge in [-0.05, 0) is 25.7 Å². The van der Waals surface area contributed by atoms with Crippen molar-refractivity contribution >= 4 is 29.7 Å². The van der Waals surface area contributed by atoms with Crippen LogP contribution in [0.4, 0.5) is 0 Å². The first-order valence-corrected chi connectivity index (χ1v) is 9.11. The molecule has 0 saturated carbocycles. The van der Waals surface area contributed by atoms with Gasteiger partial charge in [0.2, 0.25) is 17.7 Å². The number of amides is 3. The van der Waals surface area contributed by atoms with E-state index in [9.17, 15) is 29.1 Å². The van der Waals surface area contributed by atoms with E-state index in [0.717, 1.165) is 0 Å². The molecule has 12 nitrogen and oxygen atoms in total. The number of hydrogen-bond donors (Lipinski definition) is 7. The third-order valence-corrected chi connectivity index (χ3v) is 3.89. The second-order valence-corrected chi connectivity index (χ2v) is 7.04. The predicted molar refractivity (Wildman–Crippen MR) is 100 cm³/mol. The minimum atomic E-state index is -1.50. The molecule has 0 saturated heterocycles. The summed E-state index contributed by atoms with van der Waals surface area (Å²) in [5.74, 6) is -4.87. The second-order valence-electron chi connectivity index (χ2n) is 7.04. The first-order valence-electron chi connectivity index (χ1n) is 9.11. The van der Waals surface area contributed by atoms with Crippen LogP contribution in [0.3, 0.4) is 0 Å². The number of aliphatic hydroxyl groups excluding tert-OH is 1. The maximum atomic E-state index is 12.2. The number of rotatable bonds is 13. The summed E-state index contributed by atoms with van der Waals surface area (Å²) in [5.41, 5.74) is 5.73. The first-order chi connectivity index (χ1) is 13.4. The van der Waals surface area contributed by atoms with E-state index < -0.39 is 66.9 Å². The van der Waals surface area contributed by atoms with Gasteiger partial charge in [0.05, 0.1) is 12.6 Å². The maximum Gasteiger partial charge on any atom is 0.326 e. The van der Waals surface area contributed by atoms with E-state index in [1.165, 1.54) is 6.92 Å². The van der Waals surface area contributed by atoms with Crippen LogP contribution in [-0.4, -0.2) is 75.8 Å². The fraction of sp³-hybridized carbons (Fsp3) is 0.706. The van der Waals surface area contributed by atoms with E-state index in [1.807, 2.05) is 13.8 Å². The molecule has 0 rings (SSSR count). The second kappa shape index (κ2) is 12.7. The van der Waals surface area contributed by atoms with Gasteiger partial charge in [0.25, 0.3) is 0 Å². The van der Waals surface area contributed by atoms with Crippen molar-refractivity contribution in [2.45, 2.75) is 64.2 Å². The lowest BCUT2D eigenvalue weighted by molar-refractivity contribution is -0.143. The Bertz CT molecular complexity index is 610. The maximum absolute atomic E-state index is 12.2. The molecule has 29 heavy (non-hydrogen) atoms. The molecule has 166 valence electrons. The van der Waals surface area contributed by atoms with Crippen molar-refractivity contribution in [1.82, 2.24) is 16.0 Å². The van der Waals surface area contributed by atoms with Crippen LogP contribution in [0.15, 0.2) is 0 Å². The number of aliphatic hydroxyl groups is 1. The average molecular weight is 418 g/mol. The molecule has 0 bridgehead atoms. The van der Waals surface area contributed by atoms with Gasteiger partial charge < -0.3 is 37.0 Å². The Morgan fingerprint density at radius 1 is 0.862 bits per heavy atom. The number of aliphatic carboxylic acids is 2. The molecule has 0 aliphatic rings. The number of carbonyl (C=O) groups excluding carboxylic acids is 3. The highest BCUT2D eigenvalue weighted by molar-refractivity contribution is 5.94. The van der Waals surface area contributed by atoms with Gasteiger partial charge in [-0.25, -0.2) is 4.79 Å². The molecule has 12 heteroatoms. The van der Waals surface area contributed by atoms with Gasteiger partial charge in [-0.15, -0.1) is 0 Å². The number of hydrogen-bond acceptors (Lipinski definition) is 7. The Labute approximate surface area is 168 Å². The van der Waals surface area contributed by atoms with Gasteiger partial charge in [0.1, 0.15) is 18.1 Å². The lowest BCUT2D eigenvalue weighted by Crippen LogP contribution is -2.57. The van der Waals surface area contributed by atoms with Crippen LogP contribution in [0.1, 0.15) is 40.0 Å². The zero-order valence-corrected chi connectivity index (χ0v) is 16.7. The molecule has 0 heterocycles. The first kappa shape index (κ1) is 26.3. The Hall–Kier alpha value is -2.73. The lowest BCUT2D eigenvalue weighted by atomic mass is 10.0. The molecular weight excluding hydrogens is 388 g/mol. The van der Waals surface area contributed by atoms with Crippen LogP contribution in [0.25, 0.3) is 0 Å². The highest BCUT2D eigenvalue weighted by Gasteiger charge is 2.28. The molecule has 0 aliphatic heterocycles.